The smallest absolute Gasteiger partial charge is 0.107 e. The molecule has 0 aromatic heterocycles. The molecule has 1 aliphatic rings. The van der Waals surface area contributed by atoms with E-state index in [0.717, 1.165) is 22.9 Å². The molecule has 1 aromatic rings. The lowest BCUT2D eigenvalue weighted by atomic mass is 10.0. The maximum atomic E-state index is 5.93. The van der Waals surface area contributed by atoms with Crippen LogP contribution >= 0.6 is 24.0 Å². The number of benzene rings is 1. The molecule has 104 valence electrons. The third-order valence-corrected chi connectivity index (χ3v) is 4.92. The van der Waals surface area contributed by atoms with Crippen molar-refractivity contribution in [1.29, 1.82) is 0 Å². The molecule has 0 bridgehead atoms. The number of thiocarbonyl (C=S) groups is 1. The molecule has 2 atom stereocenters. The van der Waals surface area contributed by atoms with Crippen molar-refractivity contribution in [3.8, 4) is 0 Å². The van der Waals surface area contributed by atoms with Crippen LogP contribution in [0, 0.1) is 5.92 Å². The summed E-state index contributed by atoms with van der Waals surface area (Å²) in [5, 5.41) is 3.66. The second-order valence-electron chi connectivity index (χ2n) is 5.13. The Kier molecular flexibility index (Phi) is 5.11. The van der Waals surface area contributed by atoms with E-state index >= 15 is 0 Å². The molecule has 0 heterocycles. The predicted molar refractivity (Wildman–Crippen MR) is 89.2 cm³/mol. The quantitative estimate of drug-likeness (QED) is 0.635. The summed E-state index contributed by atoms with van der Waals surface area (Å²) in [6, 6.07) is 6.84. The van der Waals surface area contributed by atoms with Crippen molar-refractivity contribution < 1.29 is 0 Å². The molecule has 4 heteroatoms. The van der Waals surface area contributed by atoms with E-state index in [0.29, 0.717) is 11.0 Å². The molecule has 3 N–H and O–H groups in total. The van der Waals surface area contributed by atoms with Crippen LogP contribution < -0.4 is 11.1 Å². The Labute approximate surface area is 125 Å². The first kappa shape index (κ1) is 14.7. The topological polar surface area (TPSA) is 38.0 Å². The molecule has 0 aliphatic heterocycles. The molecule has 0 radical (unpaired) electrons. The van der Waals surface area contributed by atoms with Gasteiger partial charge in [0.1, 0.15) is 4.99 Å². The van der Waals surface area contributed by atoms with E-state index in [1.54, 1.807) is 11.8 Å². The Morgan fingerprint density at radius 3 is 2.84 bits per heavy atom. The number of thioether (sulfide) groups is 1. The lowest BCUT2D eigenvalue weighted by Crippen LogP contribution is -2.24. The lowest BCUT2D eigenvalue weighted by Gasteiger charge is -2.22. The van der Waals surface area contributed by atoms with E-state index in [4.69, 9.17) is 18.0 Å². The molecule has 2 rings (SSSR count). The van der Waals surface area contributed by atoms with Crippen LogP contribution in [0.3, 0.4) is 0 Å². The Bertz CT molecular complexity index is 459. The van der Waals surface area contributed by atoms with Gasteiger partial charge in [-0.05, 0) is 36.6 Å². The van der Waals surface area contributed by atoms with Crippen molar-refractivity contribution in [3.05, 3.63) is 23.8 Å². The summed E-state index contributed by atoms with van der Waals surface area (Å²) in [5.74, 6) is 1.75. The zero-order valence-corrected chi connectivity index (χ0v) is 13.2. The van der Waals surface area contributed by atoms with Gasteiger partial charge in [0, 0.05) is 22.2 Å². The number of nitrogens with one attached hydrogen (secondary N) is 1. The summed E-state index contributed by atoms with van der Waals surface area (Å²) in [4.78, 5) is 1.68. The van der Waals surface area contributed by atoms with Crippen molar-refractivity contribution >= 4 is 34.7 Å². The Morgan fingerprint density at radius 1 is 1.47 bits per heavy atom. The first-order chi connectivity index (χ1) is 9.13. The summed E-state index contributed by atoms with van der Waals surface area (Å²) >= 11 is 7.04. The fourth-order valence-electron chi connectivity index (χ4n) is 2.74. The van der Waals surface area contributed by atoms with Gasteiger partial charge in [0.15, 0.2) is 0 Å². The summed E-state index contributed by atoms with van der Waals surface area (Å²) < 4.78 is 0. The normalized spacial score (nSPS) is 22.4. The fourth-order valence-corrected chi connectivity index (χ4v) is 3.88. The van der Waals surface area contributed by atoms with Gasteiger partial charge in [-0.25, -0.2) is 0 Å². The van der Waals surface area contributed by atoms with Gasteiger partial charge in [-0.15, -0.1) is 11.8 Å². The van der Waals surface area contributed by atoms with Gasteiger partial charge in [0.05, 0.1) is 0 Å². The highest BCUT2D eigenvalue weighted by molar-refractivity contribution is 7.99. The highest BCUT2D eigenvalue weighted by Gasteiger charge is 2.24. The zero-order valence-electron chi connectivity index (χ0n) is 11.6. The minimum Gasteiger partial charge on any atom is -0.389 e. The molecule has 2 unspecified atom stereocenters. The maximum absolute atomic E-state index is 5.93. The minimum absolute atomic E-state index is 0.490. The van der Waals surface area contributed by atoms with E-state index in [2.05, 4.69) is 37.4 Å². The number of nitrogens with two attached hydrogens (primary N) is 1. The SMILES string of the molecule is CCSc1cccc(NC2CCCC2C)c1C(N)=S. The summed E-state index contributed by atoms with van der Waals surface area (Å²) in [6.45, 7) is 4.46. The number of rotatable bonds is 5. The summed E-state index contributed by atoms with van der Waals surface area (Å²) in [6.07, 6.45) is 3.86. The van der Waals surface area contributed by atoms with E-state index in [1.165, 1.54) is 24.2 Å². The lowest BCUT2D eigenvalue weighted by molar-refractivity contribution is 0.556. The molecule has 1 aromatic carbocycles. The molecule has 0 amide bonds. The van der Waals surface area contributed by atoms with E-state index in [1.807, 2.05) is 0 Å². The average Bonchev–Trinajstić information content (AvgIpc) is 2.75. The minimum atomic E-state index is 0.490. The largest absolute Gasteiger partial charge is 0.389 e. The predicted octanol–water partition coefficient (Wildman–Crippen LogP) is 4.03. The van der Waals surface area contributed by atoms with Gasteiger partial charge in [-0.2, -0.15) is 0 Å². The molecular weight excluding hydrogens is 272 g/mol. The second-order valence-corrected chi connectivity index (χ2v) is 6.88. The van der Waals surface area contributed by atoms with Gasteiger partial charge in [-0.1, -0.05) is 38.6 Å². The Morgan fingerprint density at radius 2 is 2.26 bits per heavy atom. The van der Waals surface area contributed by atoms with Crippen molar-refractivity contribution in [2.45, 2.75) is 44.0 Å². The van der Waals surface area contributed by atoms with Crippen LogP contribution in [0.4, 0.5) is 5.69 Å². The zero-order chi connectivity index (χ0) is 13.8. The summed E-state index contributed by atoms with van der Waals surface area (Å²) in [5.41, 5.74) is 8.05. The molecular formula is C15H22N2S2. The van der Waals surface area contributed by atoms with Crippen LogP contribution in [0.5, 0.6) is 0 Å². The number of anilines is 1. The van der Waals surface area contributed by atoms with E-state index in [9.17, 15) is 0 Å². The molecule has 0 spiro atoms. The molecule has 0 saturated heterocycles. The second kappa shape index (κ2) is 6.62. The number of hydrogen-bond acceptors (Lipinski definition) is 3. The van der Waals surface area contributed by atoms with Gasteiger partial charge in [0.2, 0.25) is 0 Å². The number of hydrogen-bond donors (Lipinski definition) is 2. The average molecular weight is 294 g/mol. The van der Waals surface area contributed by atoms with Crippen LogP contribution in [0.25, 0.3) is 0 Å². The highest BCUT2D eigenvalue weighted by atomic mass is 32.2. The van der Waals surface area contributed by atoms with Crippen molar-refractivity contribution in [1.82, 2.24) is 0 Å². The van der Waals surface area contributed by atoms with Crippen LogP contribution in [0.2, 0.25) is 0 Å². The van der Waals surface area contributed by atoms with E-state index in [-0.39, 0.29) is 0 Å². The van der Waals surface area contributed by atoms with Crippen LogP contribution in [-0.2, 0) is 0 Å². The molecule has 1 aliphatic carbocycles. The van der Waals surface area contributed by atoms with Crippen LogP contribution in [0.15, 0.2) is 23.1 Å². The first-order valence-corrected chi connectivity index (χ1v) is 8.35. The molecule has 1 fully saturated rings. The molecule has 1 saturated carbocycles. The third kappa shape index (κ3) is 3.42. The Hall–Kier alpha value is -0.740. The Balaban J connectivity index is 2.28. The van der Waals surface area contributed by atoms with Gasteiger partial charge in [0.25, 0.3) is 0 Å². The molecule has 19 heavy (non-hydrogen) atoms. The van der Waals surface area contributed by atoms with Gasteiger partial charge in [-0.3, -0.25) is 0 Å². The van der Waals surface area contributed by atoms with Crippen LogP contribution in [-0.4, -0.2) is 16.8 Å². The maximum Gasteiger partial charge on any atom is 0.107 e. The highest BCUT2D eigenvalue weighted by Crippen LogP contribution is 2.32. The summed E-state index contributed by atoms with van der Waals surface area (Å²) in [7, 11) is 0. The van der Waals surface area contributed by atoms with Crippen molar-refractivity contribution in [3.63, 3.8) is 0 Å². The van der Waals surface area contributed by atoms with Crippen molar-refractivity contribution in [2.75, 3.05) is 11.1 Å². The molecule has 2 nitrogen and oxygen atoms in total. The monoisotopic (exact) mass is 294 g/mol. The van der Waals surface area contributed by atoms with Gasteiger partial charge < -0.3 is 11.1 Å². The fraction of sp³-hybridized carbons (Fsp3) is 0.533. The standard InChI is InChI=1S/C15H22N2S2/c1-3-19-13-9-5-8-12(14(13)15(16)18)17-11-7-4-6-10(11)2/h5,8-11,17H,3-4,6-7H2,1-2H3,(H2,16,18). The third-order valence-electron chi connectivity index (χ3n) is 3.77. The van der Waals surface area contributed by atoms with Crippen LogP contribution in [0.1, 0.15) is 38.7 Å². The van der Waals surface area contributed by atoms with Gasteiger partial charge >= 0.3 is 0 Å². The van der Waals surface area contributed by atoms with E-state index < -0.39 is 0 Å². The first-order valence-electron chi connectivity index (χ1n) is 6.95. The van der Waals surface area contributed by atoms with Crippen molar-refractivity contribution in [2.24, 2.45) is 11.7 Å².